The van der Waals surface area contributed by atoms with Crippen molar-refractivity contribution in [2.45, 2.75) is 13.0 Å². The van der Waals surface area contributed by atoms with Crippen LogP contribution >= 0.6 is 0 Å². The molecule has 0 bridgehead atoms. The third-order valence-corrected chi connectivity index (χ3v) is 5.11. The van der Waals surface area contributed by atoms with Crippen LogP contribution in [-0.4, -0.2) is 29.1 Å². The Morgan fingerprint density at radius 3 is 2.70 bits per heavy atom. The van der Waals surface area contributed by atoms with Gasteiger partial charge < -0.3 is 15.2 Å². The van der Waals surface area contributed by atoms with Crippen LogP contribution in [0.3, 0.4) is 0 Å². The molecule has 0 spiro atoms. The van der Waals surface area contributed by atoms with Crippen LogP contribution in [0.15, 0.2) is 83.6 Å². The number of nitrogens with one attached hydrogen (secondary N) is 2. The Labute approximate surface area is 192 Å². The summed E-state index contributed by atoms with van der Waals surface area (Å²) in [4.78, 5) is 16.3. The smallest absolute Gasteiger partial charge is 0.252 e. The Hall–Kier alpha value is -4.28. The molecule has 0 unspecified atom stereocenters. The molecular weight excluding hydrogens is 414 g/mol. The Bertz CT molecular complexity index is 1260. The molecule has 0 saturated heterocycles. The average Bonchev–Trinajstić information content (AvgIpc) is 3.37. The molecule has 1 amide bonds. The van der Waals surface area contributed by atoms with Crippen molar-refractivity contribution in [1.29, 1.82) is 5.26 Å². The van der Waals surface area contributed by atoms with Crippen LogP contribution in [0.25, 0.3) is 22.6 Å². The summed E-state index contributed by atoms with van der Waals surface area (Å²) in [5.41, 5.74) is 5.16. The summed E-state index contributed by atoms with van der Waals surface area (Å²) >= 11 is 0. The first-order valence-electron chi connectivity index (χ1n) is 10.6. The summed E-state index contributed by atoms with van der Waals surface area (Å²) in [6, 6.07) is 23.0. The normalized spacial score (nSPS) is 10.5. The molecule has 0 aliphatic carbocycles. The van der Waals surface area contributed by atoms with E-state index in [1.807, 2.05) is 42.6 Å². The van der Waals surface area contributed by atoms with Crippen LogP contribution < -0.4 is 10.6 Å². The number of aromatic nitrogens is 2. The zero-order chi connectivity index (χ0) is 22.9. The topological polar surface area (TPSA) is 104 Å². The highest BCUT2D eigenvalue weighted by atomic mass is 16.5. The van der Waals surface area contributed by atoms with E-state index in [-0.39, 0.29) is 12.5 Å². The lowest BCUT2D eigenvalue weighted by molar-refractivity contribution is 0.0958. The monoisotopic (exact) mass is 437 g/mol. The second-order valence-electron chi connectivity index (χ2n) is 7.49. The van der Waals surface area contributed by atoms with Crippen molar-refractivity contribution in [3.8, 4) is 28.7 Å². The minimum absolute atomic E-state index is 0.0359. The zero-order valence-corrected chi connectivity index (χ0v) is 18.0. The molecule has 0 fully saturated rings. The van der Waals surface area contributed by atoms with Crippen molar-refractivity contribution in [2.24, 2.45) is 0 Å². The third-order valence-electron chi connectivity index (χ3n) is 5.11. The van der Waals surface area contributed by atoms with E-state index in [0.29, 0.717) is 17.0 Å². The molecule has 0 aliphatic heterocycles. The van der Waals surface area contributed by atoms with E-state index in [1.54, 1.807) is 24.4 Å². The van der Waals surface area contributed by atoms with Gasteiger partial charge >= 0.3 is 0 Å². The fraction of sp³-hybridized carbons (Fsp3) is 0.154. The number of hydrogen-bond acceptors (Lipinski definition) is 6. The first-order valence-corrected chi connectivity index (χ1v) is 10.6. The van der Waals surface area contributed by atoms with E-state index < -0.39 is 0 Å². The van der Waals surface area contributed by atoms with Crippen LogP contribution in [-0.2, 0) is 13.0 Å². The van der Waals surface area contributed by atoms with Crippen LogP contribution in [0.4, 0.5) is 0 Å². The maximum atomic E-state index is 12.1. The van der Waals surface area contributed by atoms with Crippen molar-refractivity contribution in [2.75, 3.05) is 13.1 Å². The molecule has 0 atom stereocenters. The number of hydrogen-bond donors (Lipinski definition) is 2. The van der Waals surface area contributed by atoms with Gasteiger partial charge in [0.15, 0.2) is 5.76 Å². The van der Waals surface area contributed by atoms with E-state index in [0.717, 1.165) is 36.2 Å². The van der Waals surface area contributed by atoms with Crippen molar-refractivity contribution in [3.63, 3.8) is 0 Å². The van der Waals surface area contributed by atoms with Gasteiger partial charge in [0.05, 0.1) is 6.07 Å². The number of carbonyl (C=O) groups is 1. The molecular formula is C26H23N5O2. The highest BCUT2D eigenvalue weighted by Gasteiger charge is 2.12. The van der Waals surface area contributed by atoms with Crippen molar-refractivity contribution < 1.29 is 9.32 Å². The first kappa shape index (κ1) is 21.9. The van der Waals surface area contributed by atoms with Gasteiger partial charge in [-0.2, -0.15) is 5.26 Å². The zero-order valence-electron chi connectivity index (χ0n) is 18.0. The number of nitriles is 1. The second kappa shape index (κ2) is 10.8. The minimum Gasteiger partial charge on any atom is -0.356 e. The van der Waals surface area contributed by atoms with Gasteiger partial charge in [0.25, 0.3) is 5.91 Å². The molecule has 7 nitrogen and oxygen atoms in total. The number of pyridine rings is 1. The summed E-state index contributed by atoms with van der Waals surface area (Å²) in [5, 5.41) is 18.8. The standard InChI is InChI=1S/C26H23N5O2/c27-10-13-30-26(32)23-8-2-6-21(15-23)24-16-25(33-31-24)22-7-1-4-20(14-22)18-29-12-9-19-5-3-11-28-17-19/h1-8,11,14-17,29H,9,12-13,18H2,(H,30,32). The minimum atomic E-state index is -0.300. The molecule has 4 rings (SSSR count). The Morgan fingerprint density at radius 1 is 1.00 bits per heavy atom. The van der Waals surface area contributed by atoms with E-state index >= 15 is 0 Å². The van der Waals surface area contributed by atoms with Gasteiger partial charge in [0.1, 0.15) is 12.2 Å². The predicted octanol–water partition coefficient (Wildman–Crippen LogP) is 3.99. The predicted molar refractivity (Wildman–Crippen MR) is 125 cm³/mol. The van der Waals surface area contributed by atoms with Crippen LogP contribution in [0, 0.1) is 11.3 Å². The van der Waals surface area contributed by atoms with Gasteiger partial charge in [-0.05, 0) is 48.4 Å². The molecule has 7 heteroatoms. The molecule has 2 aromatic carbocycles. The van der Waals surface area contributed by atoms with E-state index in [4.69, 9.17) is 9.78 Å². The van der Waals surface area contributed by atoms with Gasteiger partial charge in [0, 0.05) is 41.7 Å². The summed E-state index contributed by atoms with van der Waals surface area (Å²) in [5.74, 6) is 0.354. The first-order chi connectivity index (χ1) is 16.2. The van der Waals surface area contributed by atoms with E-state index in [9.17, 15) is 4.79 Å². The molecule has 2 aromatic heterocycles. The van der Waals surface area contributed by atoms with E-state index in [1.165, 1.54) is 5.56 Å². The Kier molecular flexibility index (Phi) is 7.21. The SMILES string of the molecule is N#CCNC(=O)c1cccc(-c2cc(-c3cccc(CNCCc4cccnc4)c3)on2)c1. The van der Waals surface area contributed by atoms with Crippen LogP contribution in [0.2, 0.25) is 0 Å². The molecule has 0 radical (unpaired) electrons. The van der Waals surface area contributed by atoms with Crippen LogP contribution in [0.1, 0.15) is 21.5 Å². The number of benzene rings is 2. The second-order valence-corrected chi connectivity index (χ2v) is 7.49. The largest absolute Gasteiger partial charge is 0.356 e. The van der Waals surface area contributed by atoms with Gasteiger partial charge in [-0.1, -0.05) is 41.6 Å². The quantitative estimate of drug-likeness (QED) is 0.303. The highest BCUT2D eigenvalue weighted by Crippen LogP contribution is 2.27. The summed E-state index contributed by atoms with van der Waals surface area (Å²) in [6.45, 7) is 1.57. The van der Waals surface area contributed by atoms with Gasteiger partial charge in [-0.15, -0.1) is 0 Å². The molecule has 2 heterocycles. The number of rotatable bonds is 9. The van der Waals surface area contributed by atoms with Crippen molar-refractivity contribution in [3.05, 3.63) is 95.8 Å². The lowest BCUT2D eigenvalue weighted by atomic mass is 10.1. The van der Waals surface area contributed by atoms with Crippen LogP contribution in [0.5, 0.6) is 0 Å². The van der Waals surface area contributed by atoms with E-state index in [2.05, 4.69) is 39.0 Å². The number of nitrogens with zero attached hydrogens (tertiary/aromatic N) is 3. The number of amides is 1. The van der Waals surface area contributed by atoms with Crippen molar-refractivity contribution >= 4 is 5.91 Å². The lowest BCUT2D eigenvalue weighted by Crippen LogP contribution is -2.23. The van der Waals surface area contributed by atoms with Gasteiger partial charge in [-0.3, -0.25) is 9.78 Å². The Morgan fingerprint density at radius 2 is 1.85 bits per heavy atom. The lowest BCUT2D eigenvalue weighted by Gasteiger charge is -2.06. The highest BCUT2D eigenvalue weighted by molar-refractivity contribution is 5.95. The van der Waals surface area contributed by atoms with Gasteiger partial charge in [-0.25, -0.2) is 0 Å². The fourth-order valence-corrected chi connectivity index (χ4v) is 3.43. The molecule has 2 N–H and O–H groups in total. The molecule has 4 aromatic rings. The van der Waals surface area contributed by atoms with Gasteiger partial charge in [0.2, 0.25) is 0 Å². The molecule has 0 saturated carbocycles. The summed E-state index contributed by atoms with van der Waals surface area (Å²) < 4.78 is 5.59. The molecule has 164 valence electrons. The third kappa shape index (κ3) is 5.91. The maximum Gasteiger partial charge on any atom is 0.252 e. The molecule has 33 heavy (non-hydrogen) atoms. The fourth-order valence-electron chi connectivity index (χ4n) is 3.43. The molecule has 0 aliphatic rings. The number of carbonyl (C=O) groups excluding carboxylic acids is 1. The average molecular weight is 438 g/mol. The Balaban J connectivity index is 1.40. The maximum absolute atomic E-state index is 12.1. The van der Waals surface area contributed by atoms with Crippen molar-refractivity contribution in [1.82, 2.24) is 20.8 Å². The summed E-state index contributed by atoms with van der Waals surface area (Å²) in [6.07, 6.45) is 4.59. The summed E-state index contributed by atoms with van der Waals surface area (Å²) in [7, 11) is 0.